The molecule has 0 spiro atoms. The molecule has 0 radical (unpaired) electrons. The molecule has 2 unspecified atom stereocenters. The predicted molar refractivity (Wildman–Crippen MR) is 37.2 cm³/mol. The molecule has 2 saturated heterocycles. The number of fused-ring (bicyclic) bond motifs is 1. The highest BCUT2D eigenvalue weighted by Crippen LogP contribution is 2.18. The largest absolute Gasteiger partial charge is 0.449 e. The number of cyclic esters (lactones) is 1. The van der Waals surface area contributed by atoms with Gasteiger partial charge in [0.2, 0.25) is 0 Å². The Bertz CT molecular complexity index is 171. The van der Waals surface area contributed by atoms with Crippen LogP contribution in [-0.2, 0) is 9.47 Å². The minimum atomic E-state index is -0.284. The maximum absolute atomic E-state index is 10.7. The molecule has 4 heteroatoms. The van der Waals surface area contributed by atoms with E-state index in [1.54, 1.807) is 0 Å². The topological polar surface area (TPSA) is 47.6 Å². The summed E-state index contributed by atoms with van der Waals surface area (Å²) in [5.41, 5.74) is 0. The molecule has 4 nitrogen and oxygen atoms in total. The van der Waals surface area contributed by atoms with Gasteiger partial charge >= 0.3 is 6.09 Å². The lowest BCUT2D eigenvalue weighted by molar-refractivity contribution is -0.0168. The molecule has 0 aliphatic carbocycles. The average Bonchev–Trinajstić information content (AvgIpc) is 2.04. The van der Waals surface area contributed by atoms with Crippen molar-refractivity contribution in [3.63, 3.8) is 0 Å². The number of alkyl carbamates (subject to hydrolysis) is 1. The van der Waals surface area contributed by atoms with Gasteiger partial charge in [0.15, 0.2) is 0 Å². The van der Waals surface area contributed by atoms with E-state index in [1.807, 2.05) is 0 Å². The molecule has 2 rings (SSSR count). The summed E-state index contributed by atoms with van der Waals surface area (Å²) in [5.74, 6) is 0.362. The molecular weight excluding hydrogens is 146 g/mol. The Morgan fingerprint density at radius 2 is 2.36 bits per heavy atom. The number of hydrogen-bond donors (Lipinski definition) is 1. The van der Waals surface area contributed by atoms with E-state index < -0.39 is 0 Å². The average molecular weight is 157 g/mol. The summed E-state index contributed by atoms with van der Waals surface area (Å²) >= 11 is 0. The first-order valence-corrected chi connectivity index (χ1v) is 3.87. The zero-order valence-electron chi connectivity index (χ0n) is 6.21. The molecule has 0 aromatic heterocycles. The van der Waals surface area contributed by atoms with E-state index in [0.29, 0.717) is 19.1 Å². The molecule has 1 amide bonds. The Hall–Kier alpha value is -0.770. The van der Waals surface area contributed by atoms with Gasteiger partial charge < -0.3 is 14.8 Å². The predicted octanol–water partition coefficient (Wildman–Crippen LogP) is 0.131. The van der Waals surface area contributed by atoms with Gasteiger partial charge in [-0.1, -0.05) is 0 Å². The van der Waals surface area contributed by atoms with Crippen molar-refractivity contribution < 1.29 is 14.3 Å². The van der Waals surface area contributed by atoms with Gasteiger partial charge in [0.05, 0.1) is 6.61 Å². The van der Waals surface area contributed by atoms with Crippen LogP contribution in [0.4, 0.5) is 4.79 Å². The van der Waals surface area contributed by atoms with E-state index >= 15 is 0 Å². The van der Waals surface area contributed by atoms with E-state index in [0.717, 1.165) is 13.0 Å². The summed E-state index contributed by atoms with van der Waals surface area (Å²) in [5, 5.41) is 2.78. The zero-order valence-corrected chi connectivity index (χ0v) is 6.21. The van der Waals surface area contributed by atoms with Crippen LogP contribution >= 0.6 is 0 Å². The third-order valence-corrected chi connectivity index (χ3v) is 2.21. The molecular formula is C7H11NO3. The van der Waals surface area contributed by atoms with Crippen LogP contribution in [0.3, 0.4) is 0 Å². The molecule has 2 atom stereocenters. The molecule has 0 saturated carbocycles. The molecule has 0 bridgehead atoms. The lowest BCUT2D eigenvalue weighted by Gasteiger charge is -2.35. The standard InChI is InChI=1S/C7H11NO3/c9-7-8-6-1-2-10-3-5(6)4-11-7/h5-6H,1-4H2,(H,8,9). The summed E-state index contributed by atoms with van der Waals surface area (Å²) in [6.07, 6.45) is 0.632. The third-order valence-electron chi connectivity index (χ3n) is 2.21. The van der Waals surface area contributed by atoms with E-state index in [1.165, 1.54) is 0 Å². The second-order valence-electron chi connectivity index (χ2n) is 2.97. The number of carbonyl (C=O) groups is 1. The summed E-state index contributed by atoms with van der Waals surface area (Å²) < 4.78 is 10.1. The number of rotatable bonds is 0. The van der Waals surface area contributed by atoms with Crippen molar-refractivity contribution in [2.45, 2.75) is 12.5 Å². The van der Waals surface area contributed by atoms with Crippen molar-refractivity contribution in [2.75, 3.05) is 19.8 Å². The van der Waals surface area contributed by atoms with Gasteiger partial charge in [0.25, 0.3) is 0 Å². The number of hydrogen-bond acceptors (Lipinski definition) is 3. The fraction of sp³-hybridized carbons (Fsp3) is 0.857. The van der Waals surface area contributed by atoms with E-state index in [2.05, 4.69) is 5.32 Å². The Labute approximate surface area is 64.9 Å². The lowest BCUT2D eigenvalue weighted by atomic mass is 9.96. The van der Waals surface area contributed by atoms with Gasteiger partial charge in [0.1, 0.15) is 6.61 Å². The normalized spacial score (nSPS) is 36.9. The third kappa shape index (κ3) is 1.30. The highest BCUT2D eigenvalue weighted by molar-refractivity contribution is 5.68. The molecule has 2 aliphatic rings. The molecule has 2 heterocycles. The van der Waals surface area contributed by atoms with Gasteiger partial charge in [-0.25, -0.2) is 4.79 Å². The quantitative estimate of drug-likeness (QED) is 0.543. The van der Waals surface area contributed by atoms with Crippen molar-refractivity contribution in [1.82, 2.24) is 5.32 Å². The van der Waals surface area contributed by atoms with E-state index in [-0.39, 0.29) is 12.1 Å². The maximum atomic E-state index is 10.7. The first-order chi connectivity index (χ1) is 5.36. The summed E-state index contributed by atoms with van der Waals surface area (Å²) in [6.45, 7) is 1.98. The summed E-state index contributed by atoms with van der Waals surface area (Å²) in [6, 6.07) is 0.282. The monoisotopic (exact) mass is 157 g/mol. The van der Waals surface area contributed by atoms with Crippen LogP contribution in [0.15, 0.2) is 0 Å². The van der Waals surface area contributed by atoms with Gasteiger partial charge in [-0.05, 0) is 6.42 Å². The first-order valence-electron chi connectivity index (χ1n) is 3.87. The van der Waals surface area contributed by atoms with E-state index in [9.17, 15) is 4.79 Å². The molecule has 2 aliphatic heterocycles. The minimum Gasteiger partial charge on any atom is -0.449 e. The van der Waals surface area contributed by atoms with Crippen molar-refractivity contribution in [3.8, 4) is 0 Å². The second kappa shape index (κ2) is 2.70. The van der Waals surface area contributed by atoms with Crippen LogP contribution in [0.2, 0.25) is 0 Å². The highest BCUT2D eigenvalue weighted by Gasteiger charge is 2.32. The van der Waals surface area contributed by atoms with Crippen molar-refractivity contribution in [3.05, 3.63) is 0 Å². The van der Waals surface area contributed by atoms with Crippen LogP contribution in [0.25, 0.3) is 0 Å². The highest BCUT2D eigenvalue weighted by atomic mass is 16.6. The molecule has 0 aromatic carbocycles. The van der Waals surface area contributed by atoms with Crippen LogP contribution < -0.4 is 5.32 Å². The molecule has 2 fully saturated rings. The van der Waals surface area contributed by atoms with Gasteiger partial charge in [-0.15, -0.1) is 0 Å². The van der Waals surface area contributed by atoms with Crippen LogP contribution in [-0.4, -0.2) is 32.0 Å². The van der Waals surface area contributed by atoms with Crippen molar-refractivity contribution >= 4 is 6.09 Å². The molecule has 11 heavy (non-hydrogen) atoms. The summed E-state index contributed by atoms with van der Waals surface area (Å²) in [7, 11) is 0. The number of ether oxygens (including phenoxy) is 2. The van der Waals surface area contributed by atoms with E-state index in [4.69, 9.17) is 9.47 Å². The number of amides is 1. The van der Waals surface area contributed by atoms with Crippen LogP contribution in [0, 0.1) is 5.92 Å². The smallest absolute Gasteiger partial charge is 0.407 e. The summed E-state index contributed by atoms with van der Waals surface area (Å²) in [4.78, 5) is 10.7. The Kier molecular flexibility index (Phi) is 1.69. The Morgan fingerprint density at radius 3 is 3.27 bits per heavy atom. The molecule has 62 valence electrons. The van der Waals surface area contributed by atoms with Gasteiger partial charge in [-0.2, -0.15) is 0 Å². The molecule has 1 N–H and O–H groups in total. The van der Waals surface area contributed by atoms with Crippen molar-refractivity contribution in [2.24, 2.45) is 5.92 Å². The zero-order chi connectivity index (χ0) is 7.68. The Balaban J connectivity index is 1.98. The fourth-order valence-electron chi connectivity index (χ4n) is 1.53. The SMILES string of the molecule is O=C1NC2CCOCC2CO1. The van der Waals surface area contributed by atoms with Gasteiger partial charge in [0, 0.05) is 18.6 Å². The minimum absolute atomic E-state index is 0.282. The second-order valence-corrected chi connectivity index (χ2v) is 2.97. The molecule has 0 aromatic rings. The van der Waals surface area contributed by atoms with Crippen LogP contribution in [0.1, 0.15) is 6.42 Å². The van der Waals surface area contributed by atoms with Crippen molar-refractivity contribution in [1.29, 1.82) is 0 Å². The van der Waals surface area contributed by atoms with Gasteiger partial charge in [-0.3, -0.25) is 0 Å². The number of nitrogens with one attached hydrogen (secondary N) is 1. The Morgan fingerprint density at radius 1 is 1.45 bits per heavy atom. The van der Waals surface area contributed by atoms with Crippen LogP contribution in [0.5, 0.6) is 0 Å². The fourth-order valence-corrected chi connectivity index (χ4v) is 1.53. The maximum Gasteiger partial charge on any atom is 0.407 e. The number of carbonyl (C=O) groups excluding carboxylic acids is 1. The first kappa shape index (κ1) is 6.91. The lowest BCUT2D eigenvalue weighted by Crippen LogP contribution is -2.52.